The van der Waals surface area contributed by atoms with Crippen LogP contribution in [0.15, 0.2) is 12.1 Å². The molecule has 0 aromatic carbocycles. The third kappa shape index (κ3) is 2.44. The second-order valence-electron chi connectivity index (χ2n) is 5.62. The first-order chi connectivity index (χ1) is 8.79. The summed E-state index contributed by atoms with van der Waals surface area (Å²) >= 11 is 0. The highest BCUT2D eigenvalue weighted by Gasteiger charge is 2.51. The molecular weight excluding hydrogens is 241 g/mol. The molecule has 0 radical (unpaired) electrons. The fraction of sp³-hybridized carbons (Fsp3) is 0.538. The van der Waals surface area contributed by atoms with Gasteiger partial charge in [0.15, 0.2) is 0 Å². The van der Waals surface area contributed by atoms with E-state index in [4.69, 9.17) is 14.6 Å². The van der Waals surface area contributed by atoms with Crippen molar-refractivity contribution < 1.29 is 9.31 Å². The van der Waals surface area contributed by atoms with Crippen LogP contribution in [0.3, 0.4) is 0 Å². The summed E-state index contributed by atoms with van der Waals surface area (Å²) in [6.45, 7) is 7.99. The topological polar surface area (TPSA) is 67.2 Å². The largest absolute Gasteiger partial charge is 0.495 e. The van der Waals surface area contributed by atoms with Crippen molar-refractivity contribution >= 4 is 18.4 Å². The van der Waals surface area contributed by atoms with Crippen LogP contribution in [-0.4, -0.2) is 30.4 Å². The number of hydrogen-bond donors (Lipinski definition) is 1. The Hall–Kier alpha value is -1.58. The Morgan fingerprint density at radius 2 is 1.79 bits per heavy atom. The van der Waals surface area contributed by atoms with Crippen LogP contribution in [0, 0.1) is 11.3 Å². The maximum Gasteiger partial charge on any atom is 0.495 e. The lowest BCUT2D eigenvalue weighted by atomic mass is 9.79. The zero-order chi connectivity index (χ0) is 14.3. The van der Waals surface area contributed by atoms with Gasteiger partial charge in [0, 0.05) is 7.05 Å². The predicted molar refractivity (Wildman–Crippen MR) is 74.2 cm³/mol. The van der Waals surface area contributed by atoms with E-state index < -0.39 is 18.3 Å². The molecule has 1 aliphatic rings. The van der Waals surface area contributed by atoms with Gasteiger partial charge in [0.05, 0.1) is 11.2 Å². The van der Waals surface area contributed by atoms with Gasteiger partial charge in [0.25, 0.3) is 0 Å². The molecule has 1 fully saturated rings. The van der Waals surface area contributed by atoms with Crippen LogP contribution in [0.5, 0.6) is 0 Å². The Morgan fingerprint density at radius 1 is 1.21 bits per heavy atom. The number of anilines is 1. The standard InChI is InChI=1S/C13H18BN3O2/c1-12(2)13(3,4)19-14(18-12)9-6-10(8-15)17-11(7-9)16-5/h6-7H,1-5H3,(H,16,17). The molecule has 19 heavy (non-hydrogen) atoms. The zero-order valence-electron chi connectivity index (χ0n) is 11.9. The first kappa shape index (κ1) is 13.8. The molecule has 0 aliphatic carbocycles. The third-order valence-electron chi connectivity index (χ3n) is 3.74. The Balaban J connectivity index is 2.37. The van der Waals surface area contributed by atoms with Crippen molar-refractivity contribution in [3.05, 3.63) is 17.8 Å². The van der Waals surface area contributed by atoms with E-state index in [2.05, 4.69) is 10.3 Å². The molecule has 0 saturated carbocycles. The number of aromatic nitrogens is 1. The Bertz CT molecular complexity index is 521. The quantitative estimate of drug-likeness (QED) is 0.810. The first-order valence-electron chi connectivity index (χ1n) is 6.24. The summed E-state index contributed by atoms with van der Waals surface area (Å²) < 4.78 is 11.9. The predicted octanol–water partition coefficient (Wildman–Crippen LogP) is 1.29. The average molecular weight is 259 g/mol. The van der Waals surface area contributed by atoms with Gasteiger partial charge in [-0.15, -0.1) is 0 Å². The van der Waals surface area contributed by atoms with Crippen molar-refractivity contribution in [1.29, 1.82) is 5.26 Å². The third-order valence-corrected chi connectivity index (χ3v) is 3.74. The molecule has 0 amide bonds. The number of hydrogen-bond acceptors (Lipinski definition) is 5. The molecule has 2 rings (SSSR count). The second kappa shape index (κ2) is 4.51. The normalized spacial score (nSPS) is 20.1. The molecule has 0 bridgehead atoms. The molecule has 1 N–H and O–H groups in total. The van der Waals surface area contributed by atoms with E-state index in [0.29, 0.717) is 11.5 Å². The summed E-state index contributed by atoms with van der Waals surface area (Å²) in [6, 6.07) is 5.58. The van der Waals surface area contributed by atoms with E-state index in [1.165, 1.54) is 0 Å². The number of nitrogens with zero attached hydrogens (tertiary/aromatic N) is 2. The van der Waals surface area contributed by atoms with Crippen LogP contribution in [0.25, 0.3) is 0 Å². The van der Waals surface area contributed by atoms with E-state index in [-0.39, 0.29) is 0 Å². The van der Waals surface area contributed by atoms with Crippen molar-refractivity contribution in [2.75, 3.05) is 12.4 Å². The Morgan fingerprint density at radius 3 is 2.26 bits per heavy atom. The summed E-state index contributed by atoms with van der Waals surface area (Å²) in [5, 5.41) is 11.9. The summed E-state index contributed by atoms with van der Waals surface area (Å²) in [6.07, 6.45) is 0. The van der Waals surface area contributed by atoms with E-state index in [1.807, 2.05) is 39.8 Å². The van der Waals surface area contributed by atoms with Gasteiger partial charge in [0.2, 0.25) is 0 Å². The smallest absolute Gasteiger partial charge is 0.399 e. The van der Waals surface area contributed by atoms with Crippen LogP contribution >= 0.6 is 0 Å². The number of nitrogens with one attached hydrogen (secondary N) is 1. The van der Waals surface area contributed by atoms with Gasteiger partial charge in [-0.05, 0) is 45.3 Å². The minimum Gasteiger partial charge on any atom is -0.399 e. The van der Waals surface area contributed by atoms with Gasteiger partial charge in [-0.25, -0.2) is 4.98 Å². The molecule has 1 aromatic heterocycles. The molecule has 0 atom stereocenters. The molecule has 100 valence electrons. The van der Waals surface area contributed by atoms with Gasteiger partial charge in [-0.2, -0.15) is 5.26 Å². The summed E-state index contributed by atoms with van der Waals surface area (Å²) in [4.78, 5) is 4.13. The molecule has 1 saturated heterocycles. The van der Waals surface area contributed by atoms with Gasteiger partial charge in [0.1, 0.15) is 17.6 Å². The second-order valence-corrected chi connectivity index (χ2v) is 5.62. The maximum atomic E-state index is 9.01. The SMILES string of the molecule is CNc1cc(B2OC(C)(C)C(C)(C)O2)cc(C#N)n1. The van der Waals surface area contributed by atoms with E-state index >= 15 is 0 Å². The Labute approximate surface area is 114 Å². The molecule has 6 heteroatoms. The average Bonchev–Trinajstić information content (AvgIpc) is 2.58. The van der Waals surface area contributed by atoms with Crippen LogP contribution in [0.1, 0.15) is 33.4 Å². The lowest BCUT2D eigenvalue weighted by molar-refractivity contribution is 0.00578. The number of nitriles is 1. The van der Waals surface area contributed by atoms with E-state index in [9.17, 15) is 0 Å². The Kier molecular flexibility index (Phi) is 3.29. The van der Waals surface area contributed by atoms with E-state index in [1.54, 1.807) is 13.1 Å². The maximum absolute atomic E-state index is 9.01. The van der Waals surface area contributed by atoms with Gasteiger partial charge in [-0.3, -0.25) is 0 Å². The van der Waals surface area contributed by atoms with Crippen molar-refractivity contribution in [1.82, 2.24) is 4.98 Å². The van der Waals surface area contributed by atoms with Gasteiger partial charge in [-0.1, -0.05) is 0 Å². The lowest BCUT2D eigenvalue weighted by Crippen LogP contribution is -2.41. The van der Waals surface area contributed by atoms with E-state index in [0.717, 1.165) is 5.46 Å². The fourth-order valence-electron chi connectivity index (χ4n) is 1.85. The van der Waals surface area contributed by atoms with Gasteiger partial charge >= 0.3 is 7.12 Å². The highest BCUT2D eigenvalue weighted by molar-refractivity contribution is 6.62. The lowest BCUT2D eigenvalue weighted by Gasteiger charge is -2.32. The molecule has 0 unspecified atom stereocenters. The van der Waals surface area contributed by atoms with Gasteiger partial charge < -0.3 is 14.6 Å². The minimum absolute atomic E-state index is 0.344. The zero-order valence-corrected chi connectivity index (χ0v) is 11.9. The number of pyridine rings is 1. The van der Waals surface area contributed by atoms with Crippen molar-refractivity contribution in [3.8, 4) is 6.07 Å². The number of rotatable bonds is 2. The van der Waals surface area contributed by atoms with Crippen LogP contribution < -0.4 is 10.8 Å². The fourth-order valence-corrected chi connectivity index (χ4v) is 1.85. The molecule has 5 nitrogen and oxygen atoms in total. The van der Waals surface area contributed by atoms with Crippen molar-refractivity contribution in [2.45, 2.75) is 38.9 Å². The molecule has 0 spiro atoms. The summed E-state index contributed by atoms with van der Waals surface area (Å²) in [7, 11) is 1.28. The summed E-state index contributed by atoms with van der Waals surface area (Å²) in [5.41, 5.74) is 0.354. The first-order valence-corrected chi connectivity index (χ1v) is 6.24. The van der Waals surface area contributed by atoms with Crippen LogP contribution in [0.2, 0.25) is 0 Å². The monoisotopic (exact) mass is 259 g/mol. The minimum atomic E-state index is -0.479. The highest BCUT2D eigenvalue weighted by Crippen LogP contribution is 2.36. The van der Waals surface area contributed by atoms with Crippen molar-refractivity contribution in [2.24, 2.45) is 0 Å². The molecule has 1 aromatic rings. The van der Waals surface area contributed by atoms with Crippen LogP contribution in [-0.2, 0) is 9.31 Å². The van der Waals surface area contributed by atoms with Crippen molar-refractivity contribution in [3.63, 3.8) is 0 Å². The molecule has 1 aliphatic heterocycles. The van der Waals surface area contributed by atoms with Crippen LogP contribution in [0.4, 0.5) is 5.82 Å². The molecule has 2 heterocycles. The molecular formula is C13H18BN3O2. The summed E-state index contributed by atoms with van der Waals surface area (Å²) in [5.74, 6) is 0.628. The highest BCUT2D eigenvalue weighted by atomic mass is 16.7.